The maximum absolute atomic E-state index is 14.5. The lowest BCUT2D eigenvalue weighted by molar-refractivity contribution is -0.211. The van der Waals surface area contributed by atoms with E-state index in [4.69, 9.17) is 14.2 Å². The Kier molecular flexibility index (Phi) is 11.5. The molecule has 2 bridgehead atoms. The minimum atomic E-state index is -6.53. The summed E-state index contributed by atoms with van der Waals surface area (Å²) in [6.07, 6.45) is -2.52. The molecule has 1 aliphatic heterocycles. The zero-order valence-corrected chi connectivity index (χ0v) is 32.6. The largest absolute Gasteiger partial charge is 0.743 e. The molecule has 1 saturated heterocycles. The van der Waals surface area contributed by atoms with E-state index in [1.807, 2.05) is 0 Å². The van der Waals surface area contributed by atoms with Gasteiger partial charge in [0.1, 0.15) is 23.2 Å². The Labute approximate surface area is 324 Å². The van der Waals surface area contributed by atoms with Crippen LogP contribution < -0.4 is 4.74 Å². The molecule has 1 heterocycles. The Balaban J connectivity index is 0.000000187. The summed E-state index contributed by atoms with van der Waals surface area (Å²) in [5, 5.41) is -5.69. The van der Waals surface area contributed by atoms with Crippen molar-refractivity contribution in [3.05, 3.63) is 115 Å². The van der Waals surface area contributed by atoms with Crippen LogP contribution in [0, 0.1) is 42.3 Å². The number of halogens is 9. The minimum Gasteiger partial charge on any atom is -0.743 e. The van der Waals surface area contributed by atoms with Gasteiger partial charge in [0.05, 0.1) is 37.4 Å². The summed E-state index contributed by atoms with van der Waals surface area (Å²) in [4.78, 5) is 2.67. The highest BCUT2D eigenvalue weighted by Gasteiger charge is 2.72. The molecule has 6 unspecified atom stereocenters. The van der Waals surface area contributed by atoms with Gasteiger partial charge in [-0.25, -0.2) is 21.6 Å². The number of hydrogen-bond donors (Lipinski definition) is 0. The molecule has 0 spiro atoms. The van der Waals surface area contributed by atoms with Crippen LogP contribution in [0.1, 0.15) is 24.7 Å². The van der Waals surface area contributed by atoms with Gasteiger partial charge in [-0.1, -0.05) is 0 Å². The molecule has 17 heteroatoms. The SMILES string of the molecule is COc1c(I)cc(C2OC3C4CC(C3O2)C(C(F)(F)C(F)(F)S(=O)(=O)[O-])C4)cc1I.Fc1ccc([S+](c2ccc(F)cc2)c2ccc(F)cc2)cc1. The van der Waals surface area contributed by atoms with Crippen molar-refractivity contribution in [2.45, 2.75) is 57.2 Å². The van der Waals surface area contributed by atoms with Crippen molar-refractivity contribution >= 4 is 66.2 Å². The van der Waals surface area contributed by atoms with Crippen LogP contribution in [-0.4, -0.2) is 43.5 Å². The fraction of sp³-hybridized carbons (Fsp3) is 0.314. The van der Waals surface area contributed by atoms with Crippen LogP contribution in [0.15, 0.2) is 99.6 Å². The van der Waals surface area contributed by atoms with Crippen LogP contribution in [0.5, 0.6) is 5.75 Å². The van der Waals surface area contributed by atoms with Gasteiger partial charge >= 0.3 is 11.2 Å². The standard InChI is InChI=1S/C18H12F3S.C17H16F4I2O6S/c19-13-1-7-16(8-2-13)22(17-9-3-14(20)4-10-17)18-11-5-15(21)6-12-18;1-27-14-10(22)4-7(5-11(14)23)15-28-12-6-2-8(13(12)29-15)9(3-6)16(18,19)17(20,21)30(24,25)26/h1-12H;4-6,8-9,12-13,15H,2-3H2,1H3,(H,24,25,26)/q+1;/p-1. The molecule has 6 atom stereocenters. The Hall–Kier alpha value is -2.17. The van der Waals surface area contributed by atoms with Gasteiger partial charge in [-0.2, -0.15) is 17.6 Å². The van der Waals surface area contributed by atoms with Crippen LogP contribution in [-0.2, 0) is 30.5 Å². The number of alkyl halides is 4. The van der Waals surface area contributed by atoms with Crippen LogP contribution >= 0.6 is 45.2 Å². The van der Waals surface area contributed by atoms with E-state index in [1.165, 1.54) is 43.5 Å². The monoisotopic (exact) mass is 994 g/mol. The molecular weight excluding hydrogens is 967 g/mol. The second kappa shape index (κ2) is 15.2. The minimum absolute atomic E-state index is 0.148. The van der Waals surface area contributed by atoms with E-state index >= 15 is 0 Å². The van der Waals surface area contributed by atoms with Crippen molar-refractivity contribution in [3.8, 4) is 5.75 Å². The normalized spacial score (nSPS) is 24.1. The lowest BCUT2D eigenvalue weighted by atomic mass is 9.81. The number of methoxy groups -OCH3 is 1. The maximum Gasteiger partial charge on any atom is 0.396 e. The molecule has 3 fully saturated rings. The second-order valence-corrected chi connectivity index (χ2v) is 18.1. The first-order valence-electron chi connectivity index (χ1n) is 15.5. The van der Waals surface area contributed by atoms with Crippen molar-refractivity contribution in [3.63, 3.8) is 0 Å². The smallest absolute Gasteiger partial charge is 0.396 e. The highest BCUT2D eigenvalue weighted by Crippen LogP contribution is 2.62. The molecule has 3 aliphatic rings. The molecule has 52 heavy (non-hydrogen) atoms. The molecule has 4 aromatic carbocycles. The van der Waals surface area contributed by atoms with Crippen LogP contribution in [0.4, 0.5) is 30.7 Å². The van der Waals surface area contributed by atoms with Gasteiger partial charge in [0.25, 0.3) is 0 Å². The summed E-state index contributed by atoms with van der Waals surface area (Å²) in [5.41, 5.74) is 0.633. The van der Waals surface area contributed by atoms with Gasteiger partial charge in [-0.15, -0.1) is 0 Å². The summed E-state index contributed by atoms with van der Waals surface area (Å²) >= 11 is 4.14. The molecule has 0 radical (unpaired) electrons. The Morgan fingerprint density at radius 1 is 0.750 bits per heavy atom. The van der Waals surface area contributed by atoms with Gasteiger partial charge < -0.3 is 18.8 Å². The molecule has 0 amide bonds. The number of fused-ring (bicyclic) bond motifs is 5. The molecule has 4 aromatic rings. The summed E-state index contributed by atoms with van der Waals surface area (Å²) in [6.45, 7) is 0. The van der Waals surface area contributed by atoms with Gasteiger partial charge in [-0.3, -0.25) is 0 Å². The van der Waals surface area contributed by atoms with Gasteiger partial charge in [0.2, 0.25) is 0 Å². The topological polar surface area (TPSA) is 84.9 Å². The molecule has 2 saturated carbocycles. The zero-order valence-electron chi connectivity index (χ0n) is 26.6. The number of hydrogen-bond acceptors (Lipinski definition) is 6. The van der Waals surface area contributed by atoms with E-state index in [9.17, 15) is 43.7 Å². The van der Waals surface area contributed by atoms with Crippen molar-refractivity contribution in [1.29, 1.82) is 0 Å². The van der Waals surface area contributed by atoms with Crippen molar-refractivity contribution in [2.24, 2.45) is 17.8 Å². The van der Waals surface area contributed by atoms with Gasteiger partial charge in [0.15, 0.2) is 31.1 Å². The van der Waals surface area contributed by atoms with Crippen LogP contribution in [0.25, 0.3) is 0 Å². The average Bonchev–Trinajstić information content (AvgIpc) is 3.81. The highest BCUT2D eigenvalue weighted by molar-refractivity contribution is 14.1. The van der Waals surface area contributed by atoms with E-state index in [0.717, 1.165) is 21.8 Å². The summed E-state index contributed by atoms with van der Waals surface area (Å²) in [5.74, 6) is -8.78. The van der Waals surface area contributed by atoms with E-state index in [0.29, 0.717) is 11.3 Å². The Morgan fingerprint density at radius 2 is 1.17 bits per heavy atom. The summed E-state index contributed by atoms with van der Waals surface area (Å²) < 4.78 is 147. The van der Waals surface area contributed by atoms with E-state index in [-0.39, 0.29) is 30.3 Å². The zero-order chi connectivity index (χ0) is 37.7. The summed E-state index contributed by atoms with van der Waals surface area (Å²) in [7, 11) is -5.53. The van der Waals surface area contributed by atoms with Gasteiger partial charge in [-0.05, 0) is 155 Å². The Morgan fingerprint density at radius 3 is 1.58 bits per heavy atom. The lowest BCUT2D eigenvalue weighted by Gasteiger charge is -2.38. The number of benzene rings is 4. The second-order valence-electron chi connectivity index (χ2n) is 12.3. The van der Waals surface area contributed by atoms with E-state index < -0.39 is 68.4 Å². The number of rotatable bonds is 8. The highest BCUT2D eigenvalue weighted by atomic mass is 127. The molecule has 0 N–H and O–H groups in total. The molecule has 7 rings (SSSR count). The van der Waals surface area contributed by atoms with Crippen molar-refractivity contribution in [1.82, 2.24) is 0 Å². The van der Waals surface area contributed by atoms with Crippen LogP contribution in [0.3, 0.4) is 0 Å². The third-order valence-corrected chi connectivity index (χ3v) is 14.0. The average molecular weight is 995 g/mol. The van der Waals surface area contributed by atoms with Crippen molar-refractivity contribution < 1.29 is 57.9 Å². The van der Waals surface area contributed by atoms with Crippen molar-refractivity contribution in [2.75, 3.05) is 7.11 Å². The van der Waals surface area contributed by atoms with Gasteiger partial charge in [0, 0.05) is 11.5 Å². The predicted octanol–water partition coefficient (Wildman–Crippen LogP) is 9.32. The predicted molar refractivity (Wildman–Crippen MR) is 192 cm³/mol. The number of ether oxygens (including phenoxy) is 3. The fourth-order valence-corrected chi connectivity index (χ4v) is 11.7. The maximum atomic E-state index is 14.5. The van der Waals surface area contributed by atoms with Crippen LogP contribution in [0.2, 0.25) is 0 Å². The molecular formula is C35H27F7I2O6S2. The molecule has 2 aliphatic carbocycles. The molecule has 278 valence electrons. The first-order valence-corrected chi connectivity index (χ1v) is 20.3. The molecule has 0 aromatic heterocycles. The van der Waals surface area contributed by atoms with E-state index in [1.54, 1.807) is 48.5 Å². The third kappa shape index (κ3) is 7.56. The first-order chi connectivity index (χ1) is 24.4. The fourth-order valence-electron chi connectivity index (χ4n) is 6.93. The first kappa shape index (κ1) is 39.5. The Bertz CT molecular complexity index is 1890. The van der Waals surface area contributed by atoms with E-state index in [2.05, 4.69) is 45.2 Å². The molecule has 6 nitrogen and oxygen atoms in total. The lowest BCUT2D eigenvalue weighted by Crippen LogP contribution is -2.55. The quantitative estimate of drug-likeness (QED) is 0.0758. The summed E-state index contributed by atoms with van der Waals surface area (Å²) in [6, 6.07) is 22.1. The third-order valence-electron chi connectivity index (χ3n) is 9.23.